The zero-order valence-corrected chi connectivity index (χ0v) is 19.0. The number of hydrogen-bond acceptors (Lipinski definition) is 5. The van der Waals surface area contributed by atoms with Gasteiger partial charge in [-0.25, -0.2) is 13.2 Å². The van der Waals surface area contributed by atoms with E-state index in [0.29, 0.717) is 5.56 Å². The van der Waals surface area contributed by atoms with E-state index < -0.39 is 29.0 Å². The van der Waals surface area contributed by atoms with E-state index in [1.807, 2.05) is 0 Å². The van der Waals surface area contributed by atoms with Gasteiger partial charge in [-0.15, -0.1) is 0 Å². The fourth-order valence-electron chi connectivity index (χ4n) is 3.54. The predicted octanol–water partition coefficient (Wildman–Crippen LogP) is 6.25. The normalized spacial score (nSPS) is 12.6. The SMILES string of the molecule is CC(C)(COc1ccc(F)cc1F)c1onc(-c2ccc(Cl)cc2F)c1C(O)c1cccnc1. The molecule has 4 aromatic rings. The summed E-state index contributed by atoms with van der Waals surface area (Å²) >= 11 is 5.89. The van der Waals surface area contributed by atoms with Gasteiger partial charge in [0, 0.05) is 34.6 Å². The number of ether oxygens (including phenoxy) is 1. The van der Waals surface area contributed by atoms with Gasteiger partial charge in [0.15, 0.2) is 17.3 Å². The van der Waals surface area contributed by atoms with Crippen molar-refractivity contribution in [3.8, 4) is 17.0 Å². The lowest BCUT2D eigenvalue weighted by Crippen LogP contribution is -2.28. The molecule has 0 bridgehead atoms. The Morgan fingerprint density at radius 2 is 1.88 bits per heavy atom. The number of nitrogens with zero attached hydrogens (tertiary/aromatic N) is 2. The van der Waals surface area contributed by atoms with E-state index in [0.717, 1.165) is 18.2 Å². The van der Waals surface area contributed by atoms with Gasteiger partial charge >= 0.3 is 0 Å². The van der Waals surface area contributed by atoms with Gasteiger partial charge < -0.3 is 14.4 Å². The molecule has 0 radical (unpaired) electrons. The molecule has 1 atom stereocenters. The Labute approximate surface area is 198 Å². The molecule has 0 spiro atoms. The summed E-state index contributed by atoms with van der Waals surface area (Å²) in [5, 5.41) is 15.5. The third-order valence-corrected chi connectivity index (χ3v) is 5.52. The summed E-state index contributed by atoms with van der Waals surface area (Å²) in [7, 11) is 0. The monoisotopic (exact) mass is 488 g/mol. The Morgan fingerprint density at radius 1 is 1.09 bits per heavy atom. The highest BCUT2D eigenvalue weighted by Gasteiger charge is 2.36. The number of aliphatic hydroxyl groups excluding tert-OH is 1. The van der Waals surface area contributed by atoms with E-state index in [1.54, 1.807) is 32.2 Å². The van der Waals surface area contributed by atoms with Gasteiger partial charge in [0.1, 0.15) is 30.0 Å². The third kappa shape index (κ3) is 4.78. The molecular formula is C25H20ClF3N2O3. The van der Waals surface area contributed by atoms with Crippen molar-refractivity contribution >= 4 is 11.6 Å². The molecule has 0 fully saturated rings. The number of aliphatic hydroxyl groups is 1. The summed E-state index contributed by atoms with van der Waals surface area (Å²) in [4.78, 5) is 4.03. The summed E-state index contributed by atoms with van der Waals surface area (Å²) < 4.78 is 53.3. The second-order valence-corrected chi connectivity index (χ2v) is 8.77. The Kier molecular flexibility index (Phi) is 6.63. The lowest BCUT2D eigenvalue weighted by Gasteiger charge is -2.25. The lowest BCUT2D eigenvalue weighted by atomic mass is 9.84. The van der Waals surface area contributed by atoms with Crippen molar-refractivity contribution in [3.63, 3.8) is 0 Å². The van der Waals surface area contributed by atoms with Crippen molar-refractivity contribution in [1.82, 2.24) is 10.1 Å². The average Bonchev–Trinajstić information content (AvgIpc) is 3.24. The molecule has 0 saturated heterocycles. The second kappa shape index (κ2) is 9.48. The molecule has 0 saturated carbocycles. The van der Waals surface area contributed by atoms with E-state index in [2.05, 4.69) is 10.1 Å². The minimum atomic E-state index is -1.26. The standard InChI is InChI=1S/C25H20ClF3N2O3/c1-25(2,13-33-20-8-6-16(27)11-19(20)29)24-21(23(32)14-4-3-9-30-12-14)22(31-34-24)17-7-5-15(26)10-18(17)28/h3-12,23,32H,13H2,1-2H3. The van der Waals surface area contributed by atoms with Crippen molar-refractivity contribution in [2.24, 2.45) is 0 Å². The summed E-state index contributed by atoms with van der Waals surface area (Å²) in [5.41, 5.74) is -0.153. The van der Waals surface area contributed by atoms with Crippen LogP contribution in [0.2, 0.25) is 5.02 Å². The maximum Gasteiger partial charge on any atom is 0.167 e. The van der Waals surface area contributed by atoms with Crippen LogP contribution in [0.25, 0.3) is 11.3 Å². The molecule has 0 amide bonds. The topological polar surface area (TPSA) is 68.4 Å². The molecule has 34 heavy (non-hydrogen) atoms. The lowest BCUT2D eigenvalue weighted by molar-refractivity contribution is 0.183. The molecule has 4 rings (SSSR count). The first-order chi connectivity index (χ1) is 16.2. The van der Waals surface area contributed by atoms with Crippen molar-refractivity contribution in [2.45, 2.75) is 25.4 Å². The molecule has 2 aromatic carbocycles. The fourth-order valence-corrected chi connectivity index (χ4v) is 3.69. The zero-order valence-electron chi connectivity index (χ0n) is 18.2. The first kappa shape index (κ1) is 23.8. The van der Waals surface area contributed by atoms with Gasteiger partial charge in [0.2, 0.25) is 0 Å². The molecule has 1 unspecified atom stereocenters. The Hall–Kier alpha value is -3.36. The van der Waals surface area contributed by atoms with Crippen LogP contribution >= 0.6 is 11.6 Å². The van der Waals surface area contributed by atoms with Crippen LogP contribution in [-0.2, 0) is 5.41 Å². The van der Waals surface area contributed by atoms with Crippen LogP contribution < -0.4 is 4.74 Å². The smallest absolute Gasteiger partial charge is 0.167 e. The first-order valence-corrected chi connectivity index (χ1v) is 10.7. The number of pyridine rings is 1. The Bertz CT molecular complexity index is 1310. The molecular weight excluding hydrogens is 469 g/mol. The van der Waals surface area contributed by atoms with Crippen molar-refractivity contribution < 1.29 is 27.5 Å². The molecule has 9 heteroatoms. The summed E-state index contributed by atoms with van der Waals surface area (Å²) in [6.45, 7) is 3.35. The van der Waals surface area contributed by atoms with Crippen LogP contribution in [0.1, 0.15) is 36.8 Å². The maximum absolute atomic E-state index is 14.8. The van der Waals surface area contributed by atoms with Crippen LogP contribution in [0, 0.1) is 17.5 Å². The predicted molar refractivity (Wildman–Crippen MR) is 120 cm³/mol. The summed E-state index contributed by atoms with van der Waals surface area (Å²) in [6.07, 6.45) is 1.77. The molecule has 2 heterocycles. The molecule has 0 aliphatic heterocycles. The highest BCUT2D eigenvalue weighted by molar-refractivity contribution is 6.30. The number of hydrogen-bond donors (Lipinski definition) is 1. The van der Waals surface area contributed by atoms with Crippen LogP contribution in [0.4, 0.5) is 13.2 Å². The highest BCUT2D eigenvalue weighted by Crippen LogP contribution is 2.40. The minimum Gasteiger partial charge on any atom is -0.489 e. The summed E-state index contributed by atoms with van der Waals surface area (Å²) in [5.74, 6) is -2.17. The van der Waals surface area contributed by atoms with E-state index in [1.165, 1.54) is 24.4 Å². The Morgan fingerprint density at radius 3 is 2.56 bits per heavy atom. The Balaban J connectivity index is 1.77. The summed E-state index contributed by atoms with van der Waals surface area (Å²) in [6, 6.07) is 10.4. The quantitative estimate of drug-likeness (QED) is 0.333. The third-order valence-electron chi connectivity index (χ3n) is 5.28. The number of rotatable bonds is 7. The largest absolute Gasteiger partial charge is 0.489 e. The second-order valence-electron chi connectivity index (χ2n) is 8.33. The van der Waals surface area contributed by atoms with Crippen LogP contribution in [0.3, 0.4) is 0 Å². The molecule has 0 aliphatic carbocycles. The van der Waals surface area contributed by atoms with Crippen LogP contribution in [0.15, 0.2) is 65.4 Å². The van der Waals surface area contributed by atoms with Gasteiger partial charge in [-0.3, -0.25) is 4.98 Å². The maximum atomic E-state index is 14.8. The van der Waals surface area contributed by atoms with E-state index in [9.17, 15) is 18.3 Å². The van der Waals surface area contributed by atoms with E-state index in [-0.39, 0.29) is 40.0 Å². The van der Waals surface area contributed by atoms with Crippen LogP contribution in [0.5, 0.6) is 5.75 Å². The molecule has 2 aromatic heterocycles. The van der Waals surface area contributed by atoms with Gasteiger partial charge in [-0.2, -0.15) is 0 Å². The minimum absolute atomic E-state index is 0.0821. The molecule has 1 N–H and O–H groups in total. The van der Waals surface area contributed by atoms with Crippen molar-refractivity contribution in [1.29, 1.82) is 0 Å². The molecule has 176 valence electrons. The van der Waals surface area contributed by atoms with Gasteiger partial charge in [-0.1, -0.05) is 22.8 Å². The fraction of sp³-hybridized carbons (Fsp3) is 0.200. The van der Waals surface area contributed by atoms with Crippen molar-refractivity contribution in [3.05, 3.63) is 100 Å². The van der Waals surface area contributed by atoms with Crippen molar-refractivity contribution in [2.75, 3.05) is 6.61 Å². The number of halogens is 4. The average molecular weight is 489 g/mol. The highest BCUT2D eigenvalue weighted by atomic mass is 35.5. The van der Waals surface area contributed by atoms with E-state index in [4.69, 9.17) is 20.9 Å². The van der Waals surface area contributed by atoms with Crippen LogP contribution in [-0.4, -0.2) is 21.9 Å². The van der Waals surface area contributed by atoms with Gasteiger partial charge in [0.05, 0.1) is 11.0 Å². The first-order valence-electron chi connectivity index (χ1n) is 10.3. The molecule has 5 nitrogen and oxygen atoms in total. The number of aromatic nitrogens is 2. The molecule has 0 aliphatic rings. The van der Waals surface area contributed by atoms with Gasteiger partial charge in [-0.05, 0) is 50.2 Å². The zero-order chi connectivity index (χ0) is 24.5. The van der Waals surface area contributed by atoms with E-state index >= 15 is 0 Å². The number of benzene rings is 2. The van der Waals surface area contributed by atoms with Gasteiger partial charge in [0.25, 0.3) is 0 Å².